The molecule has 6 heteroatoms. The van der Waals surface area contributed by atoms with E-state index in [0.717, 1.165) is 64.2 Å². The number of hydrogen-bond acceptors (Lipinski definition) is 6. The molecular formula is C65H114O6. The van der Waals surface area contributed by atoms with Crippen molar-refractivity contribution in [3.8, 4) is 0 Å². The van der Waals surface area contributed by atoms with Crippen LogP contribution in [0.2, 0.25) is 0 Å². The van der Waals surface area contributed by atoms with E-state index in [2.05, 4.69) is 93.7 Å². The van der Waals surface area contributed by atoms with E-state index >= 15 is 0 Å². The molecule has 0 bridgehead atoms. The lowest BCUT2D eigenvalue weighted by Gasteiger charge is -2.18. The van der Waals surface area contributed by atoms with Crippen LogP contribution < -0.4 is 0 Å². The Kier molecular flexibility index (Phi) is 56.8. The minimum atomic E-state index is -0.807. The maximum Gasteiger partial charge on any atom is 0.306 e. The van der Waals surface area contributed by atoms with Gasteiger partial charge in [0, 0.05) is 19.3 Å². The van der Waals surface area contributed by atoms with Gasteiger partial charge in [-0.05, 0) is 109 Å². The van der Waals surface area contributed by atoms with E-state index < -0.39 is 6.10 Å². The first kappa shape index (κ1) is 67.8. The Morgan fingerprint density at radius 1 is 0.282 bits per heavy atom. The number of ether oxygens (including phenoxy) is 3. The fourth-order valence-electron chi connectivity index (χ4n) is 8.54. The maximum atomic E-state index is 12.9. The molecule has 6 nitrogen and oxygen atoms in total. The lowest BCUT2D eigenvalue weighted by atomic mass is 10.1. The summed E-state index contributed by atoms with van der Waals surface area (Å²) in [4.78, 5) is 38.2. The van der Waals surface area contributed by atoms with E-state index in [1.807, 2.05) is 0 Å². The molecule has 0 aromatic rings. The fraction of sp³-hybridized carbons (Fsp3) is 0.769. The van der Waals surface area contributed by atoms with Gasteiger partial charge in [-0.3, -0.25) is 14.4 Å². The first-order valence-corrected chi connectivity index (χ1v) is 30.4. The van der Waals surface area contributed by atoms with Gasteiger partial charge >= 0.3 is 17.9 Å². The molecule has 1 atom stereocenters. The van der Waals surface area contributed by atoms with Crippen molar-refractivity contribution in [1.82, 2.24) is 0 Å². The summed E-state index contributed by atoms with van der Waals surface area (Å²) in [6.45, 7) is 6.58. The minimum Gasteiger partial charge on any atom is -0.462 e. The molecule has 0 unspecified atom stereocenters. The Morgan fingerprint density at radius 2 is 0.521 bits per heavy atom. The Morgan fingerprint density at radius 3 is 0.873 bits per heavy atom. The van der Waals surface area contributed by atoms with Crippen LogP contribution in [0.15, 0.2) is 72.9 Å². The highest BCUT2D eigenvalue weighted by Crippen LogP contribution is 2.15. The normalized spacial score (nSPS) is 12.5. The van der Waals surface area contributed by atoms with Crippen LogP contribution in [0, 0.1) is 0 Å². The molecule has 0 saturated heterocycles. The van der Waals surface area contributed by atoms with Gasteiger partial charge < -0.3 is 14.2 Å². The number of rotatable bonds is 55. The van der Waals surface area contributed by atoms with Crippen LogP contribution in [0.5, 0.6) is 0 Å². The van der Waals surface area contributed by atoms with E-state index in [9.17, 15) is 14.4 Å². The standard InChI is InChI=1S/C65H114O6/c1-4-7-10-13-16-19-22-25-28-31-32-35-37-40-43-46-49-52-55-58-64(67)70-61-62(71-65(68)59-56-53-50-47-44-41-38-34-30-27-24-21-18-15-12-9-6-3)60-69-63(66)57-54-51-48-45-42-39-36-33-29-26-23-20-17-14-11-8-5-2/h18,21,25-30,38,41,47,50,62H,4-17,19-20,22-24,31-37,39-40,42-46,48-49,51-61H2,1-3H3/b21-18-,28-25-,29-26-,30-27-,41-38-,50-47-/t62-/m0/s1. The van der Waals surface area contributed by atoms with Crippen molar-refractivity contribution in [1.29, 1.82) is 0 Å². The summed E-state index contributed by atoms with van der Waals surface area (Å²) in [5, 5.41) is 0. The topological polar surface area (TPSA) is 78.9 Å². The molecule has 0 saturated carbocycles. The van der Waals surface area contributed by atoms with Crippen LogP contribution in [0.4, 0.5) is 0 Å². The Bertz CT molecular complexity index is 1320. The van der Waals surface area contributed by atoms with E-state index in [1.54, 1.807) is 0 Å². The van der Waals surface area contributed by atoms with Crippen molar-refractivity contribution < 1.29 is 28.6 Å². The smallest absolute Gasteiger partial charge is 0.306 e. The molecule has 0 amide bonds. The molecule has 0 aliphatic carbocycles. The second-order valence-corrected chi connectivity index (χ2v) is 20.2. The minimum absolute atomic E-state index is 0.0984. The number of allylic oxidation sites excluding steroid dienone is 12. The highest BCUT2D eigenvalue weighted by atomic mass is 16.6. The molecule has 0 N–H and O–H groups in total. The van der Waals surface area contributed by atoms with Crippen LogP contribution in [0.1, 0.15) is 303 Å². The summed E-state index contributed by atoms with van der Waals surface area (Å²) in [5.41, 5.74) is 0. The summed E-state index contributed by atoms with van der Waals surface area (Å²) < 4.78 is 16.9. The first-order valence-electron chi connectivity index (χ1n) is 30.4. The van der Waals surface area contributed by atoms with Crippen molar-refractivity contribution >= 4 is 17.9 Å². The summed E-state index contributed by atoms with van der Waals surface area (Å²) in [6, 6.07) is 0. The first-order chi connectivity index (χ1) is 35.0. The highest BCUT2D eigenvalue weighted by Gasteiger charge is 2.19. The monoisotopic (exact) mass is 991 g/mol. The number of carbonyl (C=O) groups is 3. The van der Waals surface area contributed by atoms with Gasteiger partial charge in [0.1, 0.15) is 13.2 Å². The molecule has 0 aromatic carbocycles. The third-order valence-corrected chi connectivity index (χ3v) is 13.2. The van der Waals surface area contributed by atoms with Crippen molar-refractivity contribution in [2.45, 2.75) is 309 Å². The van der Waals surface area contributed by atoms with Gasteiger partial charge in [0.25, 0.3) is 0 Å². The molecule has 410 valence electrons. The van der Waals surface area contributed by atoms with Crippen LogP contribution in [-0.4, -0.2) is 37.2 Å². The molecule has 0 aliphatic heterocycles. The summed E-state index contributed by atoms with van der Waals surface area (Å²) in [7, 11) is 0. The zero-order valence-corrected chi connectivity index (χ0v) is 47.0. The van der Waals surface area contributed by atoms with Crippen molar-refractivity contribution in [2.24, 2.45) is 0 Å². The summed E-state index contributed by atoms with van der Waals surface area (Å²) in [5.74, 6) is -0.950. The second-order valence-electron chi connectivity index (χ2n) is 20.2. The Labute approximate surface area is 440 Å². The lowest BCUT2D eigenvalue weighted by Crippen LogP contribution is -2.30. The Hall–Kier alpha value is -3.15. The molecular weight excluding hydrogens is 877 g/mol. The number of carbonyl (C=O) groups excluding carboxylic acids is 3. The molecule has 0 rings (SSSR count). The molecule has 0 spiro atoms. The SMILES string of the molecule is CCCCC/C=C\C/C=C\C/C=C\C/C=C\CCCC(=O)O[C@@H](COC(=O)CCCCCCCCC/C=C\CCCCCCCC)COC(=O)CCCCCCCCCCC/C=C\CCCCCCCC. The average molecular weight is 992 g/mol. The molecule has 71 heavy (non-hydrogen) atoms. The molecule has 0 aliphatic rings. The molecule has 0 radical (unpaired) electrons. The number of unbranched alkanes of at least 4 members (excludes halogenated alkanes) is 32. The zero-order chi connectivity index (χ0) is 51.4. The quantitative estimate of drug-likeness (QED) is 0.0261. The van der Waals surface area contributed by atoms with E-state index in [4.69, 9.17) is 14.2 Å². The molecule has 0 heterocycles. The lowest BCUT2D eigenvalue weighted by molar-refractivity contribution is -0.167. The Balaban J connectivity index is 4.45. The summed E-state index contributed by atoms with van der Waals surface area (Å²) >= 11 is 0. The number of esters is 3. The van der Waals surface area contributed by atoms with E-state index in [0.29, 0.717) is 19.3 Å². The van der Waals surface area contributed by atoms with Gasteiger partial charge in [-0.15, -0.1) is 0 Å². The fourth-order valence-corrected chi connectivity index (χ4v) is 8.54. The second kappa shape index (κ2) is 59.4. The predicted octanol–water partition coefficient (Wildman–Crippen LogP) is 20.5. The molecule has 0 fully saturated rings. The summed E-state index contributed by atoms with van der Waals surface area (Å²) in [6.07, 6.45) is 76.1. The van der Waals surface area contributed by atoms with Gasteiger partial charge in [0.05, 0.1) is 0 Å². The van der Waals surface area contributed by atoms with Gasteiger partial charge in [-0.25, -0.2) is 0 Å². The predicted molar refractivity (Wildman–Crippen MR) is 307 cm³/mol. The maximum absolute atomic E-state index is 12.9. The van der Waals surface area contributed by atoms with Crippen molar-refractivity contribution in [2.75, 3.05) is 13.2 Å². The van der Waals surface area contributed by atoms with E-state index in [-0.39, 0.29) is 37.5 Å². The van der Waals surface area contributed by atoms with Gasteiger partial charge in [-0.1, -0.05) is 248 Å². The largest absolute Gasteiger partial charge is 0.462 e. The third-order valence-electron chi connectivity index (χ3n) is 13.2. The number of hydrogen-bond donors (Lipinski definition) is 0. The van der Waals surface area contributed by atoms with Crippen LogP contribution in [-0.2, 0) is 28.6 Å². The van der Waals surface area contributed by atoms with Gasteiger partial charge in [0.2, 0.25) is 0 Å². The third kappa shape index (κ3) is 57.6. The van der Waals surface area contributed by atoms with Gasteiger partial charge in [-0.2, -0.15) is 0 Å². The highest BCUT2D eigenvalue weighted by molar-refractivity contribution is 5.71. The zero-order valence-electron chi connectivity index (χ0n) is 47.0. The van der Waals surface area contributed by atoms with Crippen LogP contribution >= 0.6 is 0 Å². The van der Waals surface area contributed by atoms with Gasteiger partial charge in [0.15, 0.2) is 6.10 Å². The van der Waals surface area contributed by atoms with Crippen LogP contribution in [0.3, 0.4) is 0 Å². The van der Waals surface area contributed by atoms with E-state index in [1.165, 1.54) is 193 Å². The van der Waals surface area contributed by atoms with Crippen LogP contribution in [0.25, 0.3) is 0 Å². The average Bonchev–Trinajstić information content (AvgIpc) is 3.37. The molecule has 0 aromatic heterocycles. The van der Waals surface area contributed by atoms with Crippen molar-refractivity contribution in [3.63, 3.8) is 0 Å². The van der Waals surface area contributed by atoms with Crippen molar-refractivity contribution in [3.05, 3.63) is 72.9 Å².